The van der Waals surface area contributed by atoms with E-state index in [9.17, 15) is 0 Å². The Morgan fingerprint density at radius 2 is 2.27 bits per heavy atom. The first kappa shape index (κ1) is 10.4. The van der Waals surface area contributed by atoms with Crippen LogP contribution < -0.4 is 10.6 Å². The Hall–Kier alpha value is -1.09. The summed E-state index contributed by atoms with van der Waals surface area (Å²) in [5.41, 5.74) is 8.31. The molecule has 0 saturated carbocycles. The maximum atomic E-state index is 5.59. The molecule has 3 heteroatoms. The Morgan fingerprint density at radius 3 is 3.00 bits per heavy atom. The summed E-state index contributed by atoms with van der Waals surface area (Å²) in [6.07, 6.45) is 3.60. The monoisotopic (exact) mass is 205 g/mol. The number of hydrogen-bond acceptors (Lipinski definition) is 3. The number of likely N-dealkylation sites (N-methyl/N-ethyl adjacent to an activating group) is 1. The van der Waals surface area contributed by atoms with Crippen LogP contribution in [0.5, 0.6) is 0 Å². The minimum Gasteiger partial charge on any atom is -0.356 e. The van der Waals surface area contributed by atoms with Crippen LogP contribution >= 0.6 is 0 Å². The lowest BCUT2D eigenvalue weighted by atomic mass is 10.2. The average Bonchev–Trinajstić information content (AvgIpc) is 2.72. The molecule has 0 bridgehead atoms. The third-order valence-corrected chi connectivity index (χ3v) is 3.02. The molecule has 0 amide bonds. The number of hydrogen-bond donors (Lipinski definition) is 1. The Balaban J connectivity index is 2.20. The number of nitrogens with two attached hydrogens (primary N) is 1. The molecular weight excluding hydrogens is 186 g/mol. The van der Waals surface area contributed by atoms with E-state index in [1.54, 1.807) is 0 Å². The van der Waals surface area contributed by atoms with Crippen molar-refractivity contribution >= 4 is 5.82 Å². The van der Waals surface area contributed by atoms with Crippen molar-refractivity contribution in [3.8, 4) is 0 Å². The highest BCUT2D eigenvalue weighted by Gasteiger charge is 2.14. The first-order valence-electron chi connectivity index (χ1n) is 5.79. The molecule has 0 aromatic carbocycles. The lowest BCUT2D eigenvalue weighted by Gasteiger charge is -2.21. The lowest BCUT2D eigenvalue weighted by Crippen LogP contribution is -2.29. The van der Waals surface area contributed by atoms with Crippen LogP contribution in [0.25, 0.3) is 0 Å². The summed E-state index contributed by atoms with van der Waals surface area (Å²) in [7, 11) is 0. The second-order valence-electron chi connectivity index (χ2n) is 4.00. The molecule has 1 aliphatic carbocycles. The molecule has 2 N–H and O–H groups in total. The van der Waals surface area contributed by atoms with Gasteiger partial charge in [0.25, 0.3) is 0 Å². The molecule has 0 radical (unpaired) electrons. The van der Waals surface area contributed by atoms with Gasteiger partial charge in [-0.3, -0.25) is 0 Å². The molecule has 1 aliphatic rings. The highest BCUT2D eigenvalue weighted by molar-refractivity contribution is 5.43. The van der Waals surface area contributed by atoms with Crippen LogP contribution in [0.2, 0.25) is 0 Å². The van der Waals surface area contributed by atoms with E-state index in [2.05, 4.69) is 24.0 Å². The van der Waals surface area contributed by atoms with E-state index in [4.69, 9.17) is 10.7 Å². The van der Waals surface area contributed by atoms with Gasteiger partial charge in [-0.1, -0.05) is 6.07 Å². The second-order valence-corrected chi connectivity index (χ2v) is 4.00. The number of fused-ring (bicyclic) bond motifs is 1. The first-order valence-corrected chi connectivity index (χ1v) is 5.79. The number of nitrogens with zero attached hydrogens (tertiary/aromatic N) is 2. The zero-order chi connectivity index (χ0) is 10.7. The smallest absolute Gasteiger partial charge is 0.128 e. The predicted octanol–water partition coefficient (Wildman–Crippen LogP) is 1.36. The summed E-state index contributed by atoms with van der Waals surface area (Å²) in [4.78, 5) is 6.95. The van der Waals surface area contributed by atoms with Gasteiger partial charge < -0.3 is 10.6 Å². The normalized spacial score (nSPS) is 14.0. The topological polar surface area (TPSA) is 42.1 Å². The third-order valence-electron chi connectivity index (χ3n) is 3.02. The zero-order valence-electron chi connectivity index (χ0n) is 9.37. The highest BCUT2D eigenvalue weighted by atomic mass is 15.2. The van der Waals surface area contributed by atoms with E-state index < -0.39 is 0 Å². The van der Waals surface area contributed by atoms with Gasteiger partial charge in [0.2, 0.25) is 0 Å². The van der Waals surface area contributed by atoms with Crippen LogP contribution in [-0.4, -0.2) is 24.6 Å². The summed E-state index contributed by atoms with van der Waals surface area (Å²) in [6, 6.07) is 4.35. The Bertz CT molecular complexity index is 336. The molecule has 1 aromatic heterocycles. The number of aromatic nitrogens is 1. The van der Waals surface area contributed by atoms with Crippen molar-refractivity contribution in [1.29, 1.82) is 0 Å². The van der Waals surface area contributed by atoms with Crippen molar-refractivity contribution in [3.05, 3.63) is 23.4 Å². The highest BCUT2D eigenvalue weighted by Crippen LogP contribution is 2.22. The van der Waals surface area contributed by atoms with E-state index in [0.29, 0.717) is 6.54 Å². The predicted molar refractivity (Wildman–Crippen MR) is 63.2 cm³/mol. The fraction of sp³-hybridized carbons (Fsp3) is 0.583. The van der Waals surface area contributed by atoms with Crippen molar-refractivity contribution in [1.82, 2.24) is 4.98 Å². The van der Waals surface area contributed by atoms with E-state index >= 15 is 0 Å². The summed E-state index contributed by atoms with van der Waals surface area (Å²) in [5, 5.41) is 0. The maximum absolute atomic E-state index is 5.59. The van der Waals surface area contributed by atoms with Gasteiger partial charge in [-0.2, -0.15) is 0 Å². The molecule has 1 aromatic rings. The zero-order valence-corrected chi connectivity index (χ0v) is 9.37. The van der Waals surface area contributed by atoms with Gasteiger partial charge in [-0.05, 0) is 37.8 Å². The van der Waals surface area contributed by atoms with Gasteiger partial charge in [0, 0.05) is 25.3 Å². The largest absolute Gasteiger partial charge is 0.356 e. The number of anilines is 1. The van der Waals surface area contributed by atoms with Crippen LogP contribution in [-0.2, 0) is 12.8 Å². The average molecular weight is 205 g/mol. The molecule has 3 nitrogen and oxygen atoms in total. The number of rotatable bonds is 4. The van der Waals surface area contributed by atoms with Gasteiger partial charge in [0.15, 0.2) is 0 Å². The fourth-order valence-electron chi connectivity index (χ4n) is 2.18. The molecule has 2 rings (SSSR count). The molecule has 0 fully saturated rings. The molecule has 0 atom stereocenters. The minimum atomic E-state index is 0.687. The number of pyridine rings is 1. The van der Waals surface area contributed by atoms with Gasteiger partial charge in [0.05, 0.1) is 0 Å². The Morgan fingerprint density at radius 1 is 1.40 bits per heavy atom. The second kappa shape index (κ2) is 4.62. The molecule has 82 valence electrons. The molecule has 1 heterocycles. The van der Waals surface area contributed by atoms with E-state index in [-0.39, 0.29) is 0 Å². The fourth-order valence-corrected chi connectivity index (χ4v) is 2.18. The Kier molecular flexibility index (Phi) is 3.21. The SMILES string of the molecule is CCN(CCN)c1ccc2c(n1)CCC2. The van der Waals surface area contributed by atoms with Crippen molar-refractivity contribution < 1.29 is 0 Å². The van der Waals surface area contributed by atoms with Crippen LogP contribution in [0.1, 0.15) is 24.6 Å². The van der Waals surface area contributed by atoms with Gasteiger partial charge in [0.1, 0.15) is 5.82 Å². The summed E-state index contributed by atoms with van der Waals surface area (Å²) in [6.45, 7) is 4.70. The van der Waals surface area contributed by atoms with E-state index in [1.807, 2.05) is 0 Å². The number of aryl methyl sites for hydroxylation is 2. The van der Waals surface area contributed by atoms with Crippen LogP contribution in [0.15, 0.2) is 12.1 Å². The summed E-state index contributed by atoms with van der Waals surface area (Å²) in [5.74, 6) is 1.09. The Labute approximate surface area is 91.3 Å². The van der Waals surface area contributed by atoms with Crippen molar-refractivity contribution in [2.75, 3.05) is 24.5 Å². The van der Waals surface area contributed by atoms with Gasteiger partial charge >= 0.3 is 0 Å². The quantitative estimate of drug-likeness (QED) is 0.807. The third kappa shape index (κ3) is 2.12. The molecule has 0 unspecified atom stereocenters. The van der Waals surface area contributed by atoms with Crippen LogP contribution in [0.3, 0.4) is 0 Å². The van der Waals surface area contributed by atoms with Crippen molar-refractivity contribution in [2.24, 2.45) is 5.73 Å². The molecule has 0 saturated heterocycles. The molecule has 0 aliphatic heterocycles. The van der Waals surface area contributed by atoms with E-state index in [1.165, 1.54) is 24.1 Å². The maximum Gasteiger partial charge on any atom is 0.128 e. The molecular formula is C12H19N3. The van der Waals surface area contributed by atoms with Gasteiger partial charge in [-0.15, -0.1) is 0 Å². The first-order chi connectivity index (χ1) is 7.35. The molecule has 0 spiro atoms. The van der Waals surface area contributed by atoms with Gasteiger partial charge in [-0.25, -0.2) is 4.98 Å². The lowest BCUT2D eigenvalue weighted by molar-refractivity contribution is 0.796. The summed E-state index contributed by atoms with van der Waals surface area (Å²) < 4.78 is 0. The molecule has 15 heavy (non-hydrogen) atoms. The van der Waals surface area contributed by atoms with Crippen LogP contribution in [0, 0.1) is 0 Å². The standard InChI is InChI=1S/C12H19N3/c1-2-15(9-8-13)12-7-6-10-4-3-5-11(10)14-12/h6-7H,2-5,8-9,13H2,1H3. The van der Waals surface area contributed by atoms with Crippen molar-refractivity contribution in [2.45, 2.75) is 26.2 Å². The van der Waals surface area contributed by atoms with Crippen molar-refractivity contribution in [3.63, 3.8) is 0 Å². The van der Waals surface area contributed by atoms with E-state index in [0.717, 1.165) is 25.3 Å². The summed E-state index contributed by atoms with van der Waals surface area (Å²) >= 11 is 0. The minimum absolute atomic E-state index is 0.687. The van der Waals surface area contributed by atoms with Crippen LogP contribution in [0.4, 0.5) is 5.82 Å².